The molecule has 0 amide bonds. The third kappa shape index (κ3) is 1.22. The summed E-state index contributed by atoms with van der Waals surface area (Å²) in [6.07, 6.45) is 4.89. The van der Waals surface area contributed by atoms with Crippen molar-refractivity contribution < 1.29 is 0 Å². The smallest absolute Gasteiger partial charge is 0.116 e. The first-order chi connectivity index (χ1) is 5.47. The highest BCUT2D eigenvalue weighted by Crippen LogP contribution is 2.16. The molecule has 0 fully saturated rings. The molecule has 2 rings (SSSR count). The molecule has 0 saturated heterocycles. The third-order valence-electron chi connectivity index (χ3n) is 1.20. The highest BCUT2D eigenvalue weighted by molar-refractivity contribution is 7.09. The predicted molar refractivity (Wildman–Crippen MR) is 40.9 cm³/mol. The molecule has 0 spiro atoms. The fourth-order valence-corrected chi connectivity index (χ4v) is 1.21. The molecule has 0 atom stereocenters. The minimum Gasteiger partial charge on any atom is -0.245 e. The standard InChI is InChI=1S/C6H4N4S/c1-2-7-4-8-5(1)6-3-9-10-11-6/h1-4H. The van der Waals surface area contributed by atoms with Crippen LogP contribution in [0.4, 0.5) is 0 Å². The summed E-state index contributed by atoms with van der Waals surface area (Å²) in [6, 6.07) is 1.83. The number of hydrogen-bond acceptors (Lipinski definition) is 5. The van der Waals surface area contributed by atoms with Crippen LogP contribution in [0.2, 0.25) is 0 Å². The van der Waals surface area contributed by atoms with Gasteiger partial charge in [-0.3, -0.25) is 0 Å². The fourth-order valence-electron chi connectivity index (χ4n) is 0.716. The molecular weight excluding hydrogens is 160 g/mol. The van der Waals surface area contributed by atoms with Gasteiger partial charge in [-0.25, -0.2) is 9.97 Å². The van der Waals surface area contributed by atoms with Crippen LogP contribution < -0.4 is 0 Å². The molecule has 0 aliphatic carbocycles. The van der Waals surface area contributed by atoms with Crippen molar-refractivity contribution in [1.29, 1.82) is 0 Å². The summed E-state index contributed by atoms with van der Waals surface area (Å²) in [7, 11) is 0. The Bertz CT molecular complexity index is 318. The lowest BCUT2D eigenvalue weighted by molar-refractivity contribution is 1.15. The van der Waals surface area contributed by atoms with E-state index >= 15 is 0 Å². The molecule has 0 N–H and O–H groups in total. The Labute approximate surface area is 67.1 Å². The van der Waals surface area contributed by atoms with Gasteiger partial charge in [0.15, 0.2) is 0 Å². The molecule has 2 aromatic rings. The van der Waals surface area contributed by atoms with Gasteiger partial charge in [0.1, 0.15) is 6.33 Å². The first kappa shape index (κ1) is 6.36. The van der Waals surface area contributed by atoms with E-state index < -0.39 is 0 Å². The van der Waals surface area contributed by atoms with Crippen molar-refractivity contribution in [1.82, 2.24) is 19.6 Å². The molecule has 5 heteroatoms. The molecule has 11 heavy (non-hydrogen) atoms. The summed E-state index contributed by atoms with van der Waals surface area (Å²) in [5.41, 5.74) is 0.870. The van der Waals surface area contributed by atoms with Gasteiger partial charge in [0.2, 0.25) is 0 Å². The molecule has 0 aromatic carbocycles. The summed E-state index contributed by atoms with van der Waals surface area (Å²) < 4.78 is 3.73. The zero-order valence-corrected chi connectivity index (χ0v) is 6.32. The maximum absolute atomic E-state index is 4.04. The van der Waals surface area contributed by atoms with Crippen molar-refractivity contribution in [2.75, 3.05) is 0 Å². The molecule has 0 radical (unpaired) electrons. The van der Waals surface area contributed by atoms with Crippen molar-refractivity contribution in [3.8, 4) is 10.6 Å². The minimum atomic E-state index is 0.870. The van der Waals surface area contributed by atoms with Gasteiger partial charge in [-0.2, -0.15) is 0 Å². The first-order valence-corrected chi connectivity index (χ1v) is 3.78. The Morgan fingerprint density at radius 1 is 1.36 bits per heavy atom. The zero-order chi connectivity index (χ0) is 7.52. The Morgan fingerprint density at radius 2 is 2.36 bits per heavy atom. The van der Waals surface area contributed by atoms with Gasteiger partial charge < -0.3 is 0 Å². The lowest BCUT2D eigenvalue weighted by atomic mass is 10.4. The summed E-state index contributed by atoms with van der Waals surface area (Å²) >= 11 is 1.32. The van der Waals surface area contributed by atoms with Gasteiger partial charge in [0.25, 0.3) is 0 Å². The Hall–Kier alpha value is -1.36. The third-order valence-corrected chi connectivity index (χ3v) is 1.88. The van der Waals surface area contributed by atoms with Crippen molar-refractivity contribution >= 4 is 11.5 Å². The quantitative estimate of drug-likeness (QED) is 0.630. The van der Waals surface area contributed by atoms with Gasteiger partial charge in [0, 0.05) is 6.20 Å². The summed E-state index contributed by atoms with van der Waals surface area (Å²) in [5, 5.41) is 3.71. The lowest BCUT2D eigenvalue weighted by Crippen LogP contribution is -1.79. The van der Waals surface area contributed by atoms with Gasteiger partial charge in [0.05, 0.1) is 16.8 Å². The van der Waals surface area contributed by atoms with Gasteiger partial charge in [-0.05, 0) is 17.6 Å². The molecule has 54 valence electrons. The minimum absolute atomic E-state index is 0.870. The topological polar surface area (TPSA) is 51.6 Å². The lowest BCUT2D eigenvalue weighted by Gasteiger charge is -1.89. The molecule has 0 bridgehead atoms. The second-order valence-corrected chi connectivity index (χ2v) is 2.66. The fraction of sp³-hybridized carbons (Fsp3) is 0. The Morgan fingerprint density at radius 3 is 3.00 bits per heavy atom. The van der Waals surface area contributed by atoms with E-state index in [2.05, 4.69) is 19.6 Å². The van der Waals surface area contributed by atoms with Crippen LogP contribution in [0.5, 0.6) is 0 Å². The van der Waals surface area contributed by atoms with E-state index in [0.29, 0.717) is 0 Å². The molecule has 0 aliphatic heterocycles. The predicted octanol–water partition coefficient (Wildman–Crippen LogP) is 0.995. The Balaban J connectivity index is 2.46. The van der Waals surface area contributed by atoms with Crippen LogP contribution in [0.15, 0.2) is 24.8 Å². The highest BCUT2D eigenvalue weighted by atomic mass is 32.1. The van der Waals surface area contributed by atoms with Crippen molar-refractivity contribution in [3.63, 3.8) is 0 Å². The number of rotatable bonds is 1. The van der Waals surface area contributed by atoms with Crippen LogP contribution in [0.3, 0.4) is 0 Å². The first-order valence-electron chi connectivity index (χ1n) is 3.00. The number of nitrogens with zero attached hydrogens (tertiary/aromatic N) is 4. The molecular formula is C6H4N4S. The van der Waals surface area contributed by atoms with E-state index in [1.165, 1.54) is 17.9 Å². The van der Waals surface area contributed by atoms with Crippen LogP contribution in [0.25, 0.3) is 10.6 Å². The number of hydrogen-bond donors (Lipinski definition) is 0. The monoisotopic (exact) mass is 164 g/mol. The summed E-state index contributed by atoms with van der Waals surface area (Å²) in [4.78, 5) is 8.81. The molecule has 0 aliphatic rings. The van der Waals surface area contributed by atoms with Crippen molar-refractivity contribution in [3.05, 3.63) is 24.8 Å². The second kappa shape index (κ2) is 2.71. The van der Waals surface area contributed by atoms with Gasteiger partial charge >= 0.3 is 0 Å². The van der Waals surface area contributed by atoms with Crippen molar-refractivity contribution in [2.24, 2.45) is 0 Å². The molecule has 4 nitrogen and oxygen atoms in total. The van der Waals surface area contributed by atoms with Crippen LogP contribution in [0, 0.1) is 0 Å². The van der Waals surface area contributed by atoms with E-state index in [-0.39, 0.29) is 0 Å². The van der Waals surface area contributed by atoms with Crippen LogP contribution in [-0.2, 0) is 0 Å². The van der Waals surface area contributed by atoms with Crippen molar-refractivity contribution in [2.45, 2.75) is 0 Å². The van der Waals surface area contributed by atoms with Crippen LogP contribution >= 0.6 is 11.5 Å². The van der Waals surface area contributed by atoms with E-state index in [1.54, 1.807) is 12.4 Å². The van der Waals surface area contributed by atoms with E-state index in [4.69, 9.17) is 0 Å². The van der Waals surface area contributed by atoms with Crippen LogP contribution in [0.1, 0.15) is 0 Å². The van der Waals surface area contributed by atoms with E-state index in [1.807, 2.05) is 6.07 Å². The summed E-state index contributed by atoms with van der Waals surface area (Å²) in [6.45, 7) is 0. The zero-order valence-electron chi connectivity index (χ0n) is 5.51. The van der Waals surface area contributed by atoms with Crippen LogP contribution in [-0.4, -0.2) is 19.6 Å². The second-order valence-electron chi connectivity index (χ2n) is 1.88. The van der Waals surface area contributed by atoms with E-state index in [0.717, 1.165) is 10.6 Å². The van der Waals surface area contributed by atoms with E-state index in [9.17, 15) is 0 Å². The maximum Gasteiger partial charge on any atom is 0.116 e. The normalized spacial score (nSPS) is 9.82. The molecule has 2 heterocycles. The SMILES string of the molecule is c1cc(-c2cnns2)ncn1. The Kier molecular flexibility index (Phi) is 1.57. The largest absolute Gasteiger partial charge is 0.245 e. The number of aromatic nitrogens is 4. The molecule has 0 unspecified atom stereocenters. The maximum atomic E-state index is 4.04. The average Bonchev–Trinajstić information content (AvgIpc) is 2.58. The highest BCUT2D eigenvalue weighted by Gasteiger charge is 1.98. The van der Waals surface area contributed by atoms with Gasteiger partial charge in [-0.15, -0.1) is 5.10 Å². The van der Waals surface area contributed by atoms with Gasteiger partial charge in [-0.1, -0.05) is 4.49 Å². The molecule has 2 aromatic heterocycles. The summed E-state index contributed by atoms with van der Waals surface area (Å²) in [5.74, 6) is 0. The molecule has 0 saturated carbocycles. The average molecular weight is 164 g/mol.